The third-order valence-electron chi connectivity index (χ3n) is 22.7. The quantitative estimate of drug-likeness (QED) is 0.0960. The predicted octanol–water partition coefficient (Wildman–Crippen LogP) is 43.8. The van der Waals surface area contributed by atoms with Crippen LogP contribution in [0.1, 0.15) is 617 Å². The van der Waals surface area contributed by atoms with Crippen molar-refractivity contribution in [1.82, 2.24) is 0 Å². The smallest absolute Gasteiger partial charge is 0.0355 e. The molecule has 0 radical (unpaired) electrons. The maximum absolute atomic E-state index is 9.07. The Morgan fingerprint density at radius 1 is 0.246 bits per heavy atom. The number of hydrogen-bond acceptors (Lipinski definition) is 0. The summed E-state index contributed by atoms with van der Waals surface area (Å²) < 4.78 is 252. The van der Waals surface area contributed by atoms with Crippen LogP contribution in [0.2, 0.25) is 0 Å². The molecule has 0 aliphatic rings. The van der Waals surface area contributed by atoms with Gasteiger partial charge in [0, 0.05) is 42.5 Å². The van der Waals surface area contributed by atoms with E-state index in [-0.39, 0.29) is 102 Å². The maximum Gasteiger partial charge on any atom is 0.0355 e. The molecule has 8 rings (SSSR count). The van der Waals surface area contributed by atoms with E-state index in [1.165, 1.54) is 40.5 Å². The van der Waals surface area contributed by atoms with Crippen LogP contribution in [0.15, 0.2) is 170 Å². The van der Waals surface area contributed by atoms with Gasteiger partial charge < -0.3 is 0 Å². The molecule has 0 heterocycles. The van der Waals surface area contributed by atoms with Crippen LogP contribution < -0.4 is 0 Å². The largest absolute Gasteiger partial charge is 0.0776 e. The van der Waals surface area contributed by atoms with Crippen LogP contribution in [0.4, 0.5) is 0 Å². The molecule has 8 aromatic carbocycles. The lowest BCUT2D eigenvalue weighted by Crippen LogP contribution is -2.24. The van der Waals surface area contributed by atoms with Crippen molar-refractivity contribution in [3.05, 3.63) is 281 Å². The van der Waals surface area contributed by atoms with Crippen LogP contribution in [0.5, 0.6) is 0 Å². The zero-order valence-corrected chi connectivity index (χ0v) is 92.4. The zero-order chi connectivity index (χ0) is 129. The van der Waals surface area contributed by atoms with Gasteiger partial charge in [0.05, 0.1) is 0 Å². The first-order chi connectivity index (χ1) is 70.4. The second kappa shape index (κ2) is 55.1. The fourth-order valence-electron chi connectivity index (χ4n) is 15.7. The maximum atomic E-state index is 9.07. The third-order valence-corrected chi connectivity index (χ3v) is 22.7. The summed E-state index contributed by atoms with van der Waals surface area (Å²) in [5, 5.41) is 0. The molecule has 134 heavy (non-hydrogen) atoms. The third kappa shape index (κ3) is 44.5. The fraction of sp³-hybridized carbons (Fsp3) is 0.642. The van der Waals surface area contributed by atoms with Gasteiger partial charge in [-0.1, -0.05) is 580 Å². The van der Waals surface area contributed by atoms with Gasteiger partial charge >= 0.3 is 0 Å². The van der Waals surface area contributed by atoms with Crippen molar-refractivity contribution in [1.29, 1.82) is 0 Å². The Kier molecular flexibility index (Phi) is 35.2. The van der Waals surface area contributed by atoms with Gasteiger partial charge in [-0.2, -0.15) is 0 Å². The van der Waals surface area contributed by atoms with Crippen molar-refractivity contribution < 1.29 is 42.5 Å². The van der Waals surface area contributed by atoms with Gasteiger partial charge in [-0.3, -0.25) is 0 Å². The summed E-state index contributed by atoms with van der Waals surface area (Å²) in [6, 6.07) is 52.6. The van der Waals surface area contributed by atoms with E-state index in [9.17, 15) is 0 Å². The molecule has 0 N–H and O–H groups in total. The average Bonchev–Trinajstić information content (AvgIpc) is 0.699. The van der Waals surface area contributed by atoms with Crippen molar-refractivity contribution in [2.75, 3.05) is 0 Å². The molecule has 0 spiro atoms. The van der Waals surface area contributed by atoms with E-state index in [4.69, 9.17) is 42.5 Å². The molecule has 0 heteroatoms. The Morgan fingerprint density at radius 2 is 0.515 bits per heavy atom. The van der Waals surface area contributed by atoms with Gasteiger partial charge in [0.1, 0.15) is 0 Å². The van der Waals surface area contributed by atoms with Gasteiger partial charge in [0.15, 0.2) is 0 Å². The number of rotatable bonds is 15. The van der Waals surface area contributed by atoms with E-state index >= 15 is 0 Å². The second-order valence-corrected chi connectivity index (χ2v) is 49.3. The van der Waals surface area contributed by atoms with E-state index < -0.39 is 134 Å². The van der Waals surface area contributed by atoms with Gasteiger partial charge in [-0.15, -0.1) is 0 Å². The Labute approximate surface area is 885 Å². The minimum atomic E-state index is -3.31. The predicted molar refractivity (Wildman–Crippen MR) is 621 cm³/mol. The molecule has 0 aliphatic carbocycles. The Bertz CT molecular complexity index is 5800. The molecular formula is C134H228. The van der Waals surface area contributed by atoms with E-state index in [0.29, 0.717) is 11.5 Å². The highest BCUT2D eigenvalue weighted by atomic mass is 14.4. The van der Waals surface area contributed by atoms with E-state index in [0.717, 1.165) is 74.2 Å². The Hall–Kier alpha value is -6.24. The normalized spacial score (nSPS) is 18.8. The van der Waals surface area contributed by atoms with Gasteiger partial charge in [-0.05, 0) is 267 Å². The Morgan fingerprint density at radius 3 is 0.851 bits per heavy atom. The van der Waals surface area contributed by atoms with Crippen LogP contribution in [0.3, 0.4) is 0 Å². The highest BCUT2D eigenvalue weighted by Crippen LogP contribution is 2.46. The first-order valence-corrected chi connectivity index (χ1v) is 47.9. The van der Waals surface area contributed by atoms with E-state index in [2.05, 4.69) is 248 Å². The van der Waals surface area contributed by atoms with Crippen LogP contribution >= 0.6 is 0 Å². The first kappa shape index (κ1) is 85.7. The monoisotopic (exact) mass is 1870 g/mol. The Balaban J connectivity index is -0.000000903. The van der Waals surface area contributed by atoms with Crippen molar-refractivity contribution in [2.24, 2.45) is 34.0 Å². The molecule has 0 saturated heterocycles. The summed E-state index contributed by atoms with van der Waals surface area (Å²) in [5.74, 6) is -11.3. The van der Waals surface area contributed by atoms with E-state index in [1.54, 1.807) is 39.0 Å². The summed E-state index contributed by atoms with van der Waals surface area (Å²) >= 11 is 0. The molecule has 0 aliphatic heterocycles. The lowest BCUT2D eigenvalue weighted by molar-refractivity contribution is 0.334. The zero-order valence-electron chi connectivity index (χ0n) is 123. The van der Waals surface area contributed by atoms with Crippen molar-refractivity contribution in [2.45, 2.75) is 532 Å². The SMILES string of the molecule is C.C.C.C.[2H]C(C)(C)c1cccc(C(C)(C)C)c1C(C)(C)C.[2H]C(C)(C)c1ccccc1C(C)(C)C.[2H]C(C)(c1ccccc1C(C)(C)C)C(C)C.[2H]C([2H])([2H])C([2H])(c1cccc(C([2H])(C([2H])([2H])[2H])C([2H])([2H])C)c1C(C)(C)C)C([2H])([2H])[2H].[2H]C([2H])([2H])C([2H])(c1ccccc1C(C)(C)C)C([2H])([2H])[2H].[2H]C([2H])(c1cccc(C([2H])(C)C(C)(C)C)c1C(C)(C)C)C(C)(C)C.[2H]C([2H])(c1cccc(C([2H])(C)C(C)C)c1C(C)(C)C)C(C)C.[2H]C([2H])(c1ccccc1C(C)(C)C)C(C)(C)C. The lowest BCUT2D eigenvalue weighted by Gasteiger charge is -2.35. The van der Waals surface area contributed by atoms with Gasteiger partial charge in [0.25, 0.3) is 0 Å². The van der Waals surface area contributed by atoms with Crippen LogP contribution in [0.25, 0.3) is 0 Å². The van der Waals surface area contributed by atoms with Gasteiger partial charge in [0.2, 0.25) is 0 Å². The molecule has 0 amide bonds. The summed E-state index contributed by atoms with van der Waals surface area (Å²) in [6.07, 6.45) is -6.80. The molecule has 4 unspecified atom stereocenters. The molecule has 0 bridgehead atoms. The fourth-order valence-corrected chi connectivity index (χ4v) is 15.7. The van der Waals surface area contributed by atoms with Gasteiger partial charge in [-0.25, -0.2) is 0 Å². The summed E-state index contributed by atoms with van der Waals surface area (Å²) in [7, 11) is 0. The second-order valence-electron chi connectivity index (χ2n) is 49.3. The standard InChI is InChI=1S/C21H36.C19H32.2C17H28.2C15H24.2C13H20.4CH4/c1-15(20(5,6)7)17-13-11-12-16(14-19(2,3)4)18(17)21(8,9)10;1-13(2)12-16-10-9-11-17(15(5)14(3)4)18(16)19(6,7)8;1-12(2)13-10-9-11-14(16(3,4)5)15(13)17(6,7)8;1-8-13(4)15-11-9-10-14(12(2)3)16(15)17(5,6)7;1-14(2,3)11-12-9-7-8-10-13(12)15(4,5)6;1-11(2)12(3)13-9-7-8-10-14(13)15(4,5)6;2*1-10(2)11-8-6-7-9-12(11)13(3,4)5;;;;/h11-13,15H,14H2,1-10H3;9-11,13-15H,12H2,1-8H3;9-12H,1-8H3;9-13H,8H2,1-7H3;7-10H,11H2,1-6H3;7-12H,1-6H3;2*6-10H,1-5H3;4*1H4/i14D2,15D;12D2,15D;12D;2D3,3D3,4D3,8D2,12D,13D;11D2;12D;1D3,2D3,10D;10D;;;;. The van der Waals surface area contributed by atoms with Crippen LogP contribution in [-0.2, 0) is 67.9 Å². The highest BCUT2D eigenvalue weighted by molar-refractivity contribution is 5.49. The summed E-state index contributed by atoms with van der Waals surface area (Å²) in [4.78, 5) is 0. The molecule has 0 saturated carbocycles. The first-order valence-electron chi connectivity index (χ1n) is 63.4. The topological polar surface area (TPSA) is 0 Å². The summed E-state index contributed by atoms with van der Waals surface area (Å²) in [6.45, 7) is 85.2. The molecule has 764 valence electrons. The van der Waals surface area contributed by atoms with Crippen LogP contribution in [0, 0.1) is 34.0 Å². The molecular weight excluding hydrogens is 1610 g/mol. The minimum Gasteiger partial charge on any atom is -0.0776 e. The minimum absolute atomic E-state index is 0. The van der Waals surface area contributed by atoms with Crippen molar-refractivity contribution >= 4 is 0 Å². The lowest BCUT2D eigenvalue weighted by atomic mass is 9.69. The molecule has 8 aromatic rings. The highest BCUT2D eigenvalue weighted by Gasteiger charge is 2.34. The number of hydrogen-bond donors (Lipinski definition) is 0. The average molecular weight is 1870 g/mol. The van der Waals surface area contributed by atoms with Crippen molar-refractivity contribution in [3.63, 3.8) is 0 Å². The molecule has 0 aromatic heterocycles. The molecule has 0 fully saturated rings. The number of benzene rings is 8. The van der Waals surface area contributed by atoms with E-state index in [1.807, 2.05) is 197 Å². The van der Waals surface area contributed by atoms with Crippen LogP contribution in [-0.4, -0.2) is 0 Å². The molecule has 0 nitrogen and oxygen atoms in total. The summed E-state index contributed by atoms with van der Waals surface area (Å²) in [5.41, 5.74) is 12.9. The van der Waals surface area contributed by atoms with Crippen molar-refractivity contribution in [3.8, 4) is 0 Å². The molecule has 4 atom stereocenters.